The average molecular weight is 393 g/mol. The molecule has 28 heavy (non-hydrogen) atoms. The van der Waals surface area contributed by atoms with Crippen LogP contribution in [0.2, 0.25) is 0 Å². The normalized spacial score (nSPS) is 22.3. The van der Waals surface area contributed by atoms with E-state index in [0.717, 1.165) is 24.8 Å². The van der Waals surface area contributed by atoms with Crippen LogP contribution in [0.4, 0.5) is 5.82 Å². The molecule has 3 atom stereocenters. The van der Waals surface area contributed by atoms with Gasteiger partial charge in [0, 0.05) is 12.0 Å². The third-order valence-electron chi connectivity index (χ3n) is 5.59. The summed E-state index contributed by atoms with van der Waals surface area (Å²) in [6, 6.07) is 0. The van der Waals surface area contributed by atoms with Crippen LogP contribution in [0.15, 0.2) is 11.1 Å². The number of nitrogens with one attached hydrogen (secondary N) is 1. The van der Waals surface area contributed by atoms with E-state index < -0.39 is 18.4 Å². The van der Waals surface area contributed by atoms with Crippen molar-refractivity contribution >= 4 is 16.9 Å². The Hall–Kier alpha value is -1.90. The molecule has 1 saturated heterocycles. The lowest BCUT2D eigenvalue weighted by Crippen LogP contribution is -2.24. The molecule has 156 valence electrons. The highest BCUT2D eigenvalue weighted by Crippen LogP contribution is 2.32. The van der Waals surface area contributed by atoms with Crippen LogP contribution in [0.3, 0.4) is 0 Å². The fourth-order valence-electron chi connectivity index (χ4n) is 3.99. The number of pyridine rings is 1. The second-order valence-electron chi connectivity index (χ2n) is 7.68. The van der Waals surface area contributed by atoms with E-state index in [-0.39, 0.29) is 12.2 Å². The van der Waals surface area contributed by atoms with E-state index in [0.29, 0.717) is 23.3 Å². The first kappa shape index (κ1) is 20.8. The van der Waals surface area contributed by atoms with E-state index in [2.05, 4.69) is 16.9 Å². The SMILES string of the molecule is CCCCCCCCCc1c(N)[nH]c(=O)c2ncn([C@H]3C[C@H](O)[C@@H](CO)O3)c12. The minimum absolute atomic E-state index is 0.252. The molecular weight excluding hydrogens is 360 g/mol. The topological polar surface area (TPSA) is 126 Å². The zero-order chi connectivity index (χ0) is 20.1. The number of imidazole rings is 1. The lowest BCUT2D eigenvalue weighted by atomic mass is 10.0. The molecule has 1 aliphatic heterocycles. The van der Waals surface area contributed by atoms with E-state index in [4.69, 9.17) is 10.5 Å². The lowest BCUT2D eigenvalue weighted by molar-refractivity contribution is -0.0430. The van der Waals surface area contributed by atoms with Crippen molar-refractivity contribution in [3.63, 3.8) is 0 Å². The maximum Gasteiger partial charge on any atom is 0.277 e. The van der Waals surface area contributed by atoms with Gasteiger partial charge in [-0.2, -0.15) is 0 Å². The summed E-state index contributed by atoms with van der Waals surface area (Å²) >= 11 is 0. The highest BCUT2D eigenvalue weighted by atomic mass is 16.5. The number of aromatic amines is 1. The number of nitrogens with zero attached hydrogens (tertiary/aromatic N) is 2. The van der Waals surface area contributed by atoms with Crippen LogP contribution in [-0.4, -0.2) is 43.6 Å². The largest absolute Gasteiger partial charge is 0.394 e. The molecule has 0 aromatic carbocycles. The number of aryl methyl sites for hydroxylation is 1. The van der Waals surface area contributed by atoms with Crippen LogP contribution in [0.25, 0.3) is 11.0 Å². The molecule has 2 aromatic heterocycles. The molecule has 0 amide bonds. The van der Waals surface area contributed by atoms with Gasteiger partial charge in [0.05, 0.1) is 24.6 Å². The summed E-state index contributed by atoms with van der Waals surface area (Å²) in [5.74, 6) is 0.363. The zero-order valence-electron chi connectivity index (χ0n) is 16.6. The fraction of sp³-hybridized carbons (Fsp3) is 0.700. The van der Waals surface area contributed by atoms with Crippen molar-refractivity contribution in [1.82, 2.24) is 14.5 Å². The van der Waals surface area contributed by atoms with Crippen LogP contribution in [0, 0.1) is 0 Å². The molecule has 2 aromatic rings. The number of fused-ring (bicyclic) bond motifs is 1. The van der Waals surface area contributed by atoms with E-state index in [1.807, 2.05) is 0 Å². The molecule has 0 unspecified atom stereocenters. The molecule has 0 radical (unpaired) electrons. The number of H-pyrrole nitrogens is 1. The van der Waals surface area contributed by atoms with Gasteiger partial charge in [0.2, 0.25) is 0 Å². The first-order chi connectivity index (χ1) is 13.6. The van der Waals surface area contributed by atoms with Gasteiger partial charge in [0.1, 0.15) is 18.1 Å². The van der Waals surface area contributed by atoms with Crippen molar-refractivity contribution in [2.24, 2.45) is 0 Å². The summed E-state index contributed by atoms with van der Waals surface area (Å²) in [5, 5.41) is 19.4. The first-order valence-electron chi connectivity index (χ1n) is 10.4. The molecule has 3 rings (SSSR count). The number of aliphatic hydroxyl groups excluding tert-OH is 2. The first-order valence-corrected chi connectivity index (χ1v) is 10.4. The van der Waals surface area contributed by atoms with E-state index in [1.54, 1.807) is 10.9 Å². The molecule has 8 heteroatoms. The Bertz CT molecular complexity index is 831. The van der Waals surface area contributed by atoms with E-state index in [9.17, 15) is 15.0 Å². The number of ether oxygens (including phenoxy) is 1. The number of nitrogen functional groups attached to an aromatic ring is 1. The van der Waals surface area contributed by atoms with Crippen LogP contribution >= 0.6 is 0 Å². The number of unbranched alkanes of at least 4 members (excludes halogenated alkanes) is 6. The predicted octanol–water partition coefficient (Wildman–Crippen LogP) is 2.24. The van der Waals surface area contributed by atoms with Crippen molar-refractivity contribution in [2.75, 3.05) is 12.3 Å². The molecule has 3 heterocycles. The highest BCUT2D eigenvalue weighted by Gasteiger charge is 2.35. The number of rotatable bonds is 10. The third-order valence-corrected chi connectivity index (χ3v) is 5.59. The highest BCUT2D eigenvalue weighted by molar-refractivity contribution is 5.82. The number of aliphatic hydroxyl groups is 2. The van der Waals surface area contributed by atoms with E-state index in [1.165, 1.54) is 32.1 Å². The Morgan fingerprint density at radius 3 is 2.68 bits per heavy atom. The number of anilines is 1. The summed E-state index contributed by atoms with van der Waals surface area (Å²) in [5.41, 5.74) is 7.69. The number of hydrogen-bond donors (Lipinski definition) is 4. The summed E-state index contributed by atoms with van der Waals surface area (Å²) in [4.78, 5) is 19.3. The molecule has 5 N–H and O–H groups in total. The zero-order valence-corrected chi connectivity index (χ0v) is 16.6. The molecule has 0 aliphatic carbocycles. The fourth-order valence-corrected chi connectivity index (χ4v) is 3.99. The lowest BCUT2D eigenvalue weighted by Gasteiger charge is -2.16. The van der Waals surface area contributed by atoms with Gasteiger partial charge in [-0.3, -0.25) is 4.79 Å². The van der Waals surface area contributed by atoms with Crippen LogP contribution in [-0.2, 0) is 11.2 Å². The van der Waals surface area contributed by atoms with Crippen LogP contribution < -0.4 is 11.3 Å². The molecular formula is C20H32N4O4. The quantitative estimate of drug-likeness (QED) is 0.459. The van der Waals surface area contributed by atoms with Crippen molar-refractivity contribution in [3.8, 4) is 0 Å². The van der Waals surface area contributed by atoms with Gasteiger partial charge in [0.15, 0.2) is 5.52 Å². The molecule has 8 nitrogen and oxygen atoms in total. The molecule has 0 bridgehead atoms. The Morgan fingerprint density at radius 1 is 1.29 bits per heavy atom. The summed E-state index contributed by atoms with van der Waals surface area (Å²) < 4.78 is 7.53. The van der Waals surface area contributed by atoms with E-state index >= 15 is 0 Å². The average Bonchev–Trinajstić information content (AvgIpc) is 3.27. The second kappa shape index (κ2) is 9.54. The van der Waals surface area contributed by atoms with Crippen molar-refractivity contribution in [1.29, 1.82) is 0 Å². The van der Waals surface area contributed by atoms with Gasteiger partial charge in [-0.05, 0) is 12.8 Å². The second-order valence-corrected chi connectivity index (χ2v) is 7.68. The Labute approximate surface area is 164 Å². The van der Waals surface area contributed by atoms with Gasteiger partial charge in [0.25, 0.3) is 5.56 Å². The Kier molecular flexibility index (Phi) is 7.09. The maximum absolute atomic E-state index is 12.3. The summed E-state index contributed by atoms with van der Waals surface area (Å²) in [7, 11) is 0. The predicted molar refractivity (Wildman–Crippen MR) is 108 cm³/mol. The number of aromatic nitrogens is 3. The Morgan fingerprint density at radius 2 is 2.00 bits per heavy atom. The van der Waals surface area contributed by atoms with Crippen molar-refractivity contribution in [3.05, 3.63) is 22.2 Å². The molecule has 1 fully saturated rings. The summed E-state index contributed by atoms with van der Waals surface area (Å²) in [6.45, 7) is 1.96. The minimum Gasteiger partial charge on any atom is -0.394 e. The minimum atomic E-state index is -0.752. The molecule has 1 aliphatic rings. The smallest absolute Gasteiger partial charge is 0.277 e. The summed E-state index contributed by atoms with van der Waals surface area (Å²) in [6.07, 6.45) is 9.13. The van der Waals surface area contributed by atoms with Gasteiger partial charge >= 0.3 is 0 Å². The number of nitrogens with two attached hydrogens (primary N) is 1. The van der Waals surface area contributed by atoms with Gasteiger partial charge in [-0.15, -0.1) is 0 Å². The van der Waals surface area contributed by atoms with Crippen molar-refractivity contribution in [2.45, 2.75) is 83.1 Å². The standard InChI is InChI=1S/C20H32N4O4/c1-2-3-4-5-6-7-8-9-13-18-17(20(27)23-19(13)21)22-12-24(18)16-10-14(26)15(11-25)28-16/h12,14-16,25-26H,2-11H2,1H3,(H3,21,23,27)/t14-,15+,16+/m0/s1. The van der Waals surface area contributed by atoms with Crippen LogP contribution in [0.1, 0.15) is 70.1 Å². The van der Waals surface area contributed by atoms with Gasteiger partial charge < -0.3 is 30.2 Å². The Balaban J connectivity index is 1.78. The van der Waals surface area contributed by atoms with Gasteiger partial charge in [-0.1, -0.05) is 45.4 Å². The third kappa shape index (κ3) is 4.39. The van der Waals surface area contributed by atoms with Gasteiger partial charge in [-0.25, -0.2) is 4.98 Å². The molecule has 0 saturated carbocycles. The monoisotopic (exact) mass is 392 g/mol. The number of hydrogen-bond acceptors (Lipinski definition) is 6. The van der Waals surface area contributed by atoms with Crippen LogP contribution in [0.5, 0.6) is 0 Å². The maximum atomic E-state index is 12.3. The molecule has 0 spiro atoms. The van der Waals surface area contributed by atoms with Crippen molar-refractivity contribution < 1.29 is 14.9 Å².